The van der Waals surface area contributed by atoms with E-state index in [4.69, 9.17) is 11.0 Å². The predicted molar refractivity (Wildman–Crippen MR) is 120 cm³/mol. The van der Waals surface area contributed by atoms with Crippen LogP contribution in [-0.2, 0) is 13.5 Å². The van der Waals surface area contributed by atoms with Crippen LogP contribution in [0.3, 0.4) is 0 Å². The summed E-state index contributed by atoms with van der Waals surface area (Å²) in [7, 11) is 1.91. The molecule has 0 radical (unpaired) electrons. The highest BCUT2D eigenvalue weighted by molar-refractivity contribution is 5.98. The second-order valence-corrected chi connectivity index (χ2v) is 7.12. The molecule has 7 nitrogen and oxygen atoms in total. The fourth-order valence-corrected chi connectivity index (χ4v) is 3.35. The molecule has 4 aromatic rings. The summed E-state index contributed by atoms with van der Waals surface area (Å²) in [6.45, 7) is -4.29. The summed E-state index contributed by atoms with van der Waals surface area (Å²) in [6, 6.07) is 8.18. The number of ketones is 1. The van der Waals surface area contributed by atoms with Crippen LogP contribution in [0.4, 0.5) is 5.82 Å². The maximum Gasteiger partial charge on any atom is 0.170 e. The van der Waals surface area contributed by atoms with E-state index in [1.807, 2.05) is 36.7 Å². The summed E-state index contributed by atoms with van der Waals surface area (Å²) < 4.78 is 66.7. The summed E-state index contributed by atoms with van der Waals surface area (Å²) in [5.74, 6) is 0.237. The Morgan fingerprint density at radius 2 is 1.94 bits per heavy atom. The van der Waals surface area contributed by atoms with Crippen molar-refractivity contribution in [1.29, 1.82) is 0 Å². The predicted octanol–water partition coefficient (Wildman–Crippen LogP) is 3.76. The number of hydrogen-bond acceptors (Lipinski definition) is 6. The van der Waals surface area contributed by atoms with Gasteiger partial charge in [-0.05, 0) is 37.9 Å². The zero-order valence-electron chi connectivity index (χ0n) is 24.9. The number of Topliss-reactive ketones (excluding diaryl/α,β-unsaturated/α-hetero) is 1. The molecule has 0 saturated carbocycles. The summed E-state index contributed by atoms with van der Waals surface area (Å²) in [4.78, 5) is 30.6. The average Bonchev–Trinajstić information content (AvgIpc) is 3.23. The van der Waals surface area contributed by atoms with E-state index >= 15 is 0 Å². The van der Waals surface area contributed by atoms with Crippen LogP contribution >= 0.6 is 0 Å². The van der Waals surface area contributed by atoms with Gasteiger partial charge in [-0.2, -0.15) is 0 Å². The first-order chi connectivity index (χ1) is 18.1. The lowest BCUT2D eigenvalue weighted by Gasteiger charge is -2.16. The minimum atomic E-state index is -3.21. The number of fused-ring (bicyclic) bond motifs is 1. The third kappa shape index (κ3) is 3.79. The summed E-state index contributed by atoms with van der Waals surface area (Å²) >= 11 is 0. The van der Waals surface area contributed by atoms with Crippen LogP contribution in [0.2, 0.25) is 0 Å². The van der Waals surface area contributed by atoms with Gasteiger partial charge >= 0.3 is 0 Å². The third-order valence-electron chi connectivity index (χ3n) is 5.16. The maximum atomic E-state index is 13.2. The SMILES string of the molecule is [2H]C1([2H])N(c2cc(C(=O)Cc3ncc4ccc(-c5cnc(C)n5C)cc4n3)ccn2)C([2H])([2H])C([2H])([2H])C1([2H])[2H]. The fraction of sp³-hybridized carbons (Fsp3) is 0.292. The number of rotatable bonds is 5. The van der Waals surface area contributed by atoms with Gasteiger partial charge in [0.1, 0.15) is 17.5 Å². The Morgan fingerprint density at radius 3 is 2.71 bits per heavy atom. The number of nitrogens with zero attached hydrogens (tertiary/aromatic N) is 6. The molecule has 1 fully saturated rings. The van der Waals surface area contributed by atoms with Gasteiger partial charge in [-0.25, -0.2) is 19.9 Å². The molecule has 1 aliphatic heterocycles. The van der Waals surface area contributed by atoms with Gasteiger partial charge in [-0.1, -0.05) is 12.1 Å². The van der Waals surface area contributed by atoms with E-state index < -0.39 is 37.3 Å². The van der Waals surface area contributed by atoms with Gasteiger partial charge in [0.05, 0.1) is 23.8 Å². The van der Waals surface area contributed by atoms with E-state index in [0.29, 0.717) is 10.4 Å². The number of anilines is 1. The van der Waals surface area contributed by atoms with E-state index in [-0.39, 0.29) is 17.8 Å². The normalized spacial score (nSPS) is 24.1. The first-order valence-corrected chi connectivity index (χ1v) is 9.63. The highest BCUT2D eigenvalue weighted by Gasteiger charge is 2.16. The molecule has 0 aliphatic carbocycles. The van der Waals surface area contributed by atoms with Crippen molar-refractivity contribution in [1.82, 2.24) is 24.5 Å². The highest BCUT2D eigenvalue weighted by atomic mass is 16.1. The van der Waals surface area contributed by atoms with E-state index in [2.05, 4.69) is 19.9 Å². The molecule has 1 aliphatic rings. The quantitative estimate of drug-likeness (QED) is 0.458. The lowest BCUT2D eigenvalue weighted by atomic mass is 10.1. The largest absolute Gasteiger partial charge is 0.357 e. The molecule has 0 atom stereocenters. The maximum absolute atomic E-state index is 13.2. The van der Waals surface area contributed by atoms with Crippen molar-refractivity contribution in [2.45, 2.75) is 26.1 Å². The Morgan fingerprint density at radius 1 is 1.10 bits per heavy atom. The van der Waals surface area contributed by atoms with E-state index in [1.165, 1.54) is 12.3 Å². The van der Waals surface area contributed by atoms with Crippen molar-refractivity contribution in [3.8, 4) is 11.3 Å². The number of hydrogen-bond donors (Lipinski definition) is 0. The Kier molecular flexibility index (Phi) is 3.14. The van der Waals surface area contributed by atoms with Crippen LogP contribution in [0.15, 0.2) is 48.9 Å². The second kappa shape index (κ2) is 7.91. The molecule has 1 aromatic carbocycles. The van der Waals surface area contributed by atoms with Crippen molar-refractivity contribution in [2.75, 3.05) is 17.9 Å². The molecule has 7 heteroatoms. The molecule has 0 spiro atoms. The van der Waals surface area contributed by atoms with Gasteiger partial charge in [0.2, 0.25) is 0 Å². The standard InChI is InChI=1S/C24H24N6O/c1-16-26-15-21(29(16)2)17-5-6-19-14-27-23(28-20(19)11-17)13-22(31)18-7-8-25-24(12-18)30-9-3-4-10-30/h5-8,11-12,14-15H,3-4,9-10,13H2,1-2H3/i3D2,4D2,9D2,10D2. The zero-order valence-corrected chi connectivity index (χ0v) is 16.9. The molecule has 5 rings (SSSR count). The minimum absolute atomic E-state index is 0.0439. The van der Waals surface area contributed by atoms with Crippen LogP contribution in [0.5, 0.6) is 0 Å². The van der Waals surface area contributed by atoms with Crippen molar-refractivity contribution in [3.05, 3.63) is 66.1 Å². The Labute approximate surface area is 192 Å². The Hall–Kier alpha value is -3.61. The molecule has 1 saturated heterocycles. The highest BCUT2D eigenvalue weighted by Crippen LogP contribution is 2.24. The lowest BCUT2D eigenvalue weighted by molar-refractivity contribution is 0.0991. The Balaban J connectivity index is 1.45. The number of imidazole rings is 1. The lowest BCUT2D eigenvalue weighted by Crippen LogP contribution is -2.19. The molecule has 31 heavy (non-hydrogen) atoms. The van der Waals surface area contributed by atoms with Gasteiger partial charge in [0, 0.05) is 59.9 Å². The molecule has 0 bridgehead atoms. The van der Waals surface area contributed by atoms with Gasteiger partial charge < -0.3 is 9.47 Å². The zero-order chi connectivity index (χ0) is 28.5. The van der Waals surface area contributed by atoms with Gasteiger partial charge in [-0.3, -0.25) is 4.79 Å². The number of pyridine rings is 1. The number of aryl methyl sites for hydroxylation is 1. The molecule has 0 unspecified atom stereocenters. The number of benzene rings is 1. The summed E-state index contributed by atoms with van der Waals surface area (Å²) in [5, 5.41) is 0.780. The average molecular weight is 421 g/mol. The molecule has 4 heterocycles. The van der Waals surface area contributed by atoms with Crippen molar-refractivity contribution >= 4 is 22.5 Å². The summed E-state index contributed by atoms with van der Waals surface area (Å²) in [5.41, 5.74) is 2.48. The molecule has 0 amide bonds. The number of carbonyl (C=O) groups is 1. The van der Waals surface area contributed by atoms with E-state index in [1.54, 1.807) is 12.4 Å². The van der Waals surface area contributed by atoms with Crippen molar-refractivity contribution in [2.24, 2.45) is 7.05 Å². The summed E-state index contributed by atoms with van der Waals surface area (Å²) in [6.07, 6.45) is -2.09. The van der Waals surface area contributed by atoms with Crippen molar-refractivity contribution < 1.29 is 15.8 Å². The first kappa shape index (κ1) is 12.3. The smallest absolute Gasteiger partial charge is 0.170 e. The minimum Gasteiger partial charge on any atom is -0.357 e. The second-order valence-electron chi connectivity index (χ2n) is 7.12. The van der Waals surface area contributed by atoms with Crippen molar-refractivity contribution in [3.63, 3.8) is 0 Å². The monoisotopic (exact) mass is 420 g/mol. The van der Waals surface area contributed by atoms with Gasteiger partial charge in [0.25, 0.3) is 0 Å². The van der Waals surface area contributed by atoms with Crippen LogP contribution in [0, 0.1) is 6.92 Å². The van der Waals surface area contributed by atoms with E-state index in [9.17, 15) is 4.79 Å². The molecule has 156 valence electrons. The fourth-order valence-electron chi connectivity index (χ4n) is 3.35. The van der Waals surface area contributed by atoms with Gasteiger partial charge in [-0.15, -0.1) is 0 Å². The van der Waals surface area contributed by atoms with Crippen LogP contribution in [-0.4, -0.2) is 43.3 Å². The topological polar surface area (TPSA) is 76.8 Å². The van der Waals surface area contributed by atoms with Gasteiger partial charge in [0.15, 0.2) is 5.78 Å². The third-order valence-corrected chi connectivity index (χ3v) is 5.16. The molecular weight excluding hydrogens is 388 g/mol. The Bertz CT molecular complexity index is 1590. The first-order valence-electron chi connectivity index (χ1n) is 13.6. The van der Waals surface area contributed by atoms with Crippen LogP contribution in [0.1, 0.15) is 45.7 Å². The van der Waals surface area contributed by atoms with E-state index in [0.717, 1.165) is 28.5 Å². The molecular formula is C24H24N6O. The molecule has 3 aromatic heterocycles. The number of aromatic nitrogens is 5. The number of carbonyl (C=O) groups excluding carboxylic acids is 1. The molecule has 0 N–H and O–H groups in total. The van der Waals surface area contributed by atoms with Crippen LogP contribution in [0.25, 0.3) is 22.2 Å². The van der Waals surface area contributed by atoms with Crippen LogP contribution < -0.4 is 4.90 Å².